The minimum atomic E-state index is -0.240. The molecule has 0 fully saturated rings. The maximum atomic E-state index is 12.4. The molecule has 0 aromatic carbocycles. The van der Waals surface area contributed by atoms with E-state index in [9.17, 15) is 4.79 Å². The molecule has 1 amide bonds. The Morgan fingerprint density at radius 3 is 2.96 bits per heavy atom. The second-order valence-electron chi connectivity index (χ2n) is 6.40. The summed E-state index contributed by atoms with van der Waals surface area (Å²) >= 11 is 1.81. The summed E-state index contributed by atoms with van der Waals surface area (Å²) in [4.78, 5) is 22.8. The Balaban J connectivity index is 1.53. The molecule has 0 spiro atoms. The third-order valence-electron chi connectivity index (χ3n) is 4.29. The molecule has 1 aliphatic rings. The molecule has 1 atom stereocenters. The SMILES string of the molecule is CC(C)c1nccn1[C@@H](C)C(=O)NCCc1nc2c(s1)CCC2. The van der Waals surface area contributed by atoms with E-state index in [-0.39, 0.29) is 11.9 Å². The first-order valence-corrected chi connectivity index (χ1v) is 9.15. The van der Waals surface area contributed by atoms with Crippen molar-refractivity contribution in [2.45, 2.75) is 58.4 Å². The van der Waals surface area contributed by atoms with Crippen molar-refractivity contribution in [2.75, 3.05) is 6.54 Å². The fourth-order valence-electron chi connectivity index (χ4n) is 3.02. The molecule has 124 valence electrons. The molecule has 2 aromatic heterocycles. The lowest BCUT2D eigenvalue weighted by atomic mass is 10.2. The molecule has 2 heterocycles. The van der Waals surface area contributed by atoms with Gasteiger partial charge in [0.1, 0.15) is 11.9 Å². The largest absolute Gasteiger partial charge is 0.354 e. The summed E-state index contributed by atoms with van der Waals surface area (Å²) in [5.74, 6) is 1.29. The third-order valence-corrected chi connectivity index (χ3v) is 5.51. The van der Waals surface area contributed by atoms with Gasteiger partial charge in [-0.05, 0) is 26.2 Å². The van der Waals surface area contributed by atoms with Gasteiger partial charge in [0, 0.05) is 36.2 Å². The van der Waals surface area contributed by atoms with Gasteiger partial charge >= 0.3 is 0 Å². The van der Waals surface area contributed by atoms with Gasteiger partial charge in [0.05, 0.1) is 10.7 Å². The summed E-state index contributed by atoms with van der Waals surface area (Å²) < 4.78 is 1.96. The van der Waals surface area contributed by atoms with Crippen molar-refractivity contribution in [1.29, 1.82) is 0 Å². The molecule has 0 radical (unpaired) electrons. The van der Waals surface area contributed by atoms with Crippen molar-refractivity contribution in [3.05, 3.63) is 33.8 Å². The monoisotopic (exact) mass is 332 g/mol. The topological polar surface area (TPSA) is 59.8 Å². The number of nitrogens with one attached hydrogen (secondary N) is 1. The number of carbonyl (C=O) groups excluding carboxylic acids is 1. The number of nitrogens with zero attached hydrogens (tertiary/aromatic N) is 3. The molecule has 0 aliphatic heterocycles. The minimum Gasteiger partial charge on any atom is -0.354 e. The summed E-state index contributed by atoms with van der Waals surface area (Å²) in [6.45, 7) is 6.73. The minimum absolute atomic E-state index is 0.0361. The van der Waals surface area contributed by atoms with E-state index in [1.807, 2.05) is 29.0 Å². The Morgan fingerprint density at radius 2 is 2.22 bits per heavy atom. The van der Waals surface area contributed by atoms with Crippen LogP contribution in [0.4, 0.5) is 0 Å². The number of aromatic nitrogens is 3. The molecule has 23 heavy (non-hydrogen) atoms. The van der Waals surface area contributed by atoms with E-state index in [4.69, 9.17) is 0 Å². The number of aryl methyl sites for hydroxylation is 2. The van der Waals surface area contributed by atoms with Crippen molar-refractivity contribution in [3.63, 3.8) is 0 Å². The maximum Gasteiger partial charge on any atom is 0.242 e. The summed E-state index contributed by atoms with van der Waals surface area (Å²) in [5, 5.41) is 4.18. The zero-order valence-electron chi connectivity index (χ0n) is 14.0. The second-order valence-corrected chi connectivity index (χ2v) is 7.56. The van der Waals surface area contributed by atoms with Gasteiger partial charge in [-0.15, -0.1) is 11.3 Å². The summed E-state index contributed by atoms with van der Waals surface area (Å²) in [6.07, 6.45) is 7.99. The van der Waals surface area contributed by atoms with Gasteiger partial charge < -0.3 is 9.88 Å². The number of hydrogen-bond donors (Lipinski definition) is 1. The van der Waals surface area contributed by atoms with Crippen LogP contribution in [0.3, 0.4) is 0 Å². The van der Waals surface area contributed by atoms with Crippen LogP contribution in [0.15, 0.2) is 12.4 Å². The smallest absolute Gasteiger partial charge is 0.242 e. The van der Waals surface area contributed by atoms with Crippen molar-refractivity contribution < 1.29 is 4.79 Å². The summed E-state index contributed by atoms with van der Waals surface area (Å²) in [5.41, 5.74) is 1.28. The Bertz CT molecular complexity index is 667. The Kier molecular flexibility index (Phi) is 4.80. The lowest BCUT2D eigenvalue weighted by molar-refractivity contribution is -0.123. The van der Waals surface area contributed by atoms with Crippen LogP contribution < -0.4 is 5.32 Å². The Labute approximate surface area is 141 Å². The quantitative estimate of drug-likeness (QED) is 0.885. The molecule has 0 saturated heterocycles. The molecule has 1 N–H and O–H groups in total. The highest BCUT2D eigenvalue weighted by molar-refractivity contribution is 7.11. The van der Waals surface area contributed by atoms with E-state index in [1.165, 1.54) is 23.4 Å². The average Bonchev–Trinajstić information content (AvgIpc) is 3.21. The van der Waals surface area contributed by atoms with Crippen molar-refractivity contribution in [3.8, 4) is 0 Å². The number of hydrogen-bond acceptors (Lipinski definition) is 4. The van der Waals surface area contributed by atoms with Gasteiger partial charge in [-0.2, -0.15) is 0 Å². The van der Waals surface area contributed by atoms with E-state index < -0.39 is 0 Å². The van der Waals surface area contributed by atoms with Crippen molar-refractivity contribution >= 4 is 17.2 Å². The fourth-order valence-corrected chi connectivity index (χ4v) is 4.17. The first kappa shape index (κ1) is 16.2. The number of carbonyl (C=O) groups is 1. The summed E-state index contributed by atoms with van der Waals surface area (Å²) in [6, 6.07) is -0.240. The van der Waals surface area contributed by atoms with Crippen LogP contribution in [0.1, 0.15) is 60.6 Å². The number of imidazole rings is 1. The van der Waals surface area contributed by atoms with Crippen molar-refractivity contribution in [1.82, 2.24) is 19.9 Å². The van der Waals surface area contributed by atoms with Crippen LogP contribution in [-0.4, -0.2) is 27.0 Å². The second kappa shape index (κ2) is 6.83. The molecule has 0 unspecified atom stereocenters. The van der Waals surface area contributed by atoms with Crippen molar-refractivity contribution in [2.24, 2.45) is 0 Å². The zero-order valence-corrected chi connectivity index (χ0v) is 14.8. The third kappa shape index (κ3) is 3.47. The van der Waals surface area contributed by atoms with Crippen LogP contribution in [0.5, 0.6) is 0 Å². The zero-order chi connectivity index (χ0) is 16.4. The predicted molar refractivity (Wildman–Crippen MR) is 91.9 cm³/mol. The van der Waals surface area contributed by atoms with Crippen LogP contribution >= 0.6 is 11.3 Å². The van der Waals surface area contributed by atoms with Gasteiger partial charge in [0.2, 0.25) is 5.91 Å². The molecular formula is C17H24N4OS. The van der Waals surface area contributed by atoms with E-state index in [1.54, 1.807) is 6.20 Å². The number of amides is 1. The first-order valence-electron chi connectivity index (χ1n) is 8.34. The Morgan fingerprint density at radius 1 is 1.39 bits per heavy atom. The standard InChI is InChI=1S/C17H24N4OS/c1-11(2)16-18-9-10-21(16)12(3)17(22)19-8-7-15-20-13-5-4-6-14(13)23-15/h9-12H,4-8H2,1-3H3,(H,19,22)/t12-/m0/s1. The first-order chi connectivity index (χ1) is 11.1. The van der Waals surface area contributed by atoms with Crippen LogP contribution in [0, 0.1) is 0 Å². The molecule has 0 bridgehead atoms. The highest BCUT2D eigenvalue weighted by Crippen LogP contribution is 2.27. The number of fused-ring (bicyclic) bond motifs is 1. The highest BCUT2D eigenvalue weighted by Gasteiger charge is 2.20. The van der Waals surface area contributed by atoms with Crippen LogP contribution in [0.25, 0.3) is 0 Å². The molecular weight excluding hydrogens is 308 g/mol. The summed E-state index contributed by atoms with van der Waals surface area (Å²) in [7, 11) is 0. The molecule has 0 saturated carbocycles. The van der Waals surface area contributed by atoms with Gasteiger partial charge in [0.25, 0.3) is 0 Å². The Hall–Kier alpha value is -1.69. The molecule has 5 nitrogen and oxygen atoms in total. The normalized spacial score (nSPS) is 15.0. The highest BCUT2D eigenvalue weighted by atomic mass is 32.1. The lowest BCUT2D eigenvalue weighted by Gasteiger charge is -2.17. The van der Waals surface area contributed by atoms with E-state index in [0.29, 0.717) is 12.5 Å². The van der Waals surface area contributed by atoms with Crippen LogP contribution in [-0.2, 0) is 24.1 Å². The lowest BCUT2D eigenvalue weighted by Crippen LogP contribution is -2.33. The molecule has 2 aromatic rings. The fraction of sp³-hybridized carbons (Fsp3) is 0.588. The van der Waals surface area contributed by atoms with E-state index in [0.717, 1.165) is 23.7 Å². The molecule has 3 rings (SSSR count). The van der Waals surface area contributed by atoms with Gasteiger partial charge in [-0.25, -0.2) is 9.97 Å². The van der Waals surface area contributed by atoms with Crippen LogP contribution in [0.2, 0.25) is 0 Å². The maximum absolute atomic E-state index is 12.4. The number of thiazole rings is 1. The van der Waals surface area contributed by atoms with Gasteiger partial charge in [0.15, 0.2) is 0 Å². The van der Waals surface area contributed by atoms with E-state index >= 15 is 0 Å². The van der Waals surface area contributed by atoms with Gasteiger partial charge in [-0.1, -0.05) is 13.8 Å². The average molecular weight is 332 g/mol. The number of rotatable bonds is 6. The molecule has 1 aliphatic carbocycles. The predicted octanol–water partition coefficient (Wildman–Crippen LogP) is 2.87. The molecule has 6 heteroatoms. The van der Waals surface area contributed by atoms with Gasteiger partial charge in [-0.3, -0.25) is 4.79 Å². The van der Waals surface area contributed by atoms with E-state index in [2.05, 4.69) is 29.1 Å².